The van der Waals surface area contributed by atoms with Gasteiger partial charge in [0.15, 0.2) is 0 Å². The van der Waals surface area contributed by atoms with Crippen LogP contribution in [0.3, 0.4) is 0 Å². The summed E-state index contributed by atoms with van der Waals surface area (Å²) >= 11 is 0. The van der Waals surface area contributed by atoms with E-state index in [0.29, 0.717) is 25.7 Å². The Labute approximate surface area is 127 Å². The predicted molar refractivity (Wildman–Crippen MR) is 79.7 cm³/mol. The first kappa shape index (κ1) is 20.8. The Morgan fingerprint density at radius 1 is 0.857 bits per heavy atom. The molecule has 0 aromatic heterocycles. The van der Waals surface area contributed by atoms with Gasteiger partial charge < -0.3 is 5.11 Å². The summed E-state index contributed by atoms with van der Waals surface area (Å²) in [5.74, 6) is 0. The molecule has 128 valence electrons. The van der Waals surface area contributed by atoms with Gasteiger partial charge in [-0.2, -0.15) is 16.8 Å². The summed E-state index contributed by atoms with van der Waals surface area (Å²) in [6, 6.07) is 0. The maximum atomic E-state index is 11.8. The van der Waals surface area contributed by atoms with E-state index in [1.165, 1.54) is 0 Å². The van der Waals surface area contributed by atoms with Crippen molar-refractivity contribution in [3.8, 4) is 0 Å². The lowest BCUT2D eigenvalue weighted by Gasteiger charge is -2.13. The summed E-state index contributed by atoms with van der Waals surface area (Å²) in [6.45, 7) is 2.91. The number of aliphatic hydroxyl groups is 1. The molecule has 0 amide bonds. The summed E-state index contributed by atoms with van der Waals surface area (Å²) in [7, 11) is -8.42. The lowest BCUT2D eigenvalue weighted by molar-refractivity contribution is 0.266. The molecule has 0 aliphatic carbocycles. The van der Waals surface area contributed by atoms with Crippen molar-refractivity contribution < 1.29 is 30.3 Å². The molecular weight excluding hydrogens is 320 g/mol. The van der Waals surface area contributed by atoms with Crippen molar-refractivity contribution in [2.45, 2.75) is 57.0 Å². The van der Waals surface area contributed by atoms with E-state index in [-0.39, 0.29) is 19.8 Å². The van der Waals surface area contributed by atoms with E-state index < -0.39 is 24.8 Å². The minimum absolute atomic E-state index is 0.0213. The second-order valence-electron chi connectivity index (χ2n) is 4.69. The summed E-state index contributed by atoms with van der Waals surface area (Å²) in [5, 5.41) is 8.59. The molecule has 0 saturated heterocycles. The van der Waals surface area contributed by atoms with Gasteiger partial charge in [0.05, 0.1) is 13.2 Å². The van der Waals surface area contributed by atoms with Crippen LogP contribution < -0.4 is 0 Å². The fourth-order valence-electron chi connectivity index (χ4n) is 1.43. The van der Waals surface area contributed by atoms with Crippen molar-refractivity contribution in [3.63, 3.8) is 0 Å². The number of aliphatic hydroxyl groups excluding tert-OH is 1. The SMILES string of the molecule is CCCCCOS(=O)(=O)C(C)S(=O)(=O)OCCCCCO. The van der Waals surface area contributed by atoms with Crippen LogP contribution in [0, 0.1) is 0 Å². The van der Waals surface area contributed by atoms with Gasteiger partial charge in [-0.15, -0.1) is 0 Å². The third-order valence-corrected chi connectivity index (χ3v) is 6.89. The maximum absolute atomic E-state index is 11.8. The minimum atomic E-state index is -4.22. The first-order chi connectivity index (χ1) is 9.78. The van der Waals surface area contributed by atoms with Crippen LogP contribution in [-0.4, -0.2) is 46.3 Å². The molecule has 9 heteroatoms. The molecule has 0 radical (unpaired) electrons. The number of unbranched alkanes of at least 4 members (excludes halogenated alkanes) is 4. The first-order valence-electron chi connectivity index (χ1n) is 7.15. The zero-order valence-electron chi connectivity index (χ0n) is 12.7. The molecule has 0 fully saturated rings. The highest BCUT2D eigenvalue weighted by molar-refractivity contribution is 8.04. The van der Waals surface area contributed by atoms with E-state index >= 15 is 0 Å². The van der Waals surface area contributed by atoms with E-state index in [1.54, 1.807) is 0 Å². The first-order valence-corrected chi connectivity index (χ1v) is 10.1. The van der Waals surface area contributed by atoms with Crippen LogP contribution in [0.15, 0.2) is 0 Å². The quantitative estimate of drug-likeness (QED) is 0.396. The lowest BCUT2D eigenvalue weighted by atomic mass is 10.2. The molecule has 1 unspecified atom stereocenters. The van der Waals surface area contributed by atoms with Crippen LogP contribution in [0.5, 0.6) is 0 Å². The molecule has 0 aliphatic heterocycles. The Hall–Kier alpha value is -0.220. The minimum Gasteiger partial charge on any atom is -0.396 e. The Kier molecular flexibility index (Phi) is 10.4. The van der Waals surface area contributed by atoms with Crippen molar-refractivity contribution >= 4 is 20.2 Å². The Morgan fingerprint density at radius 2 is 1.33 bits per heavy atom. The Morgan fingerprint density at radius 3 is 1.76 bits per heavy atom. The van der Waals surface area contributed by atoms with Gasteiger partial charge in [0.2, 0.25) is 4.58 Å². The van der Waals surface area contributed by atoms with Crippen LogP contribution in [0.4, 0.5) is 0 Å². The molecular formula is C12H26O7S2. The highest BCUT2D eigenvalue weighted by Crippen LogP contribution is 2.15. The molecule has 21 heavy (non-hydrogen) atoms. The molecule has 1 atom stereocenters. The van der Waals surface area contributed by atoms with Gasteiger partial charge in [0.1, 0.15) is 0 Å². The molecule has 0 saturated carbocycles. The highest BCUT2D eigenvalue weighted by atomic mass is 32.3. The smallest absolute Gasteiger partial charge is 0.287 e. The lowest BCUT2D eigenvalue weighted by Crippen LogP contribution is -2.31. The number of hydrogen-bond acceptors (Lipinski definition) is 7. The van der Waals surface area contributed by atoms with Crippen molar-refractivity contribution in [2.24, 2.45) is 0 Å². The second-order valence-corrected chi connectivity index (χ2v) is 8.84. The molecule has 0 rings (SSSR count). The predicted octanol–water partition coefficient (Wildman–Crippen LogP) is 1.38. The van der Waals surface area contributed by atoms with Crippen LogP contribution in [0.25, 0.3) is 0 Å². The molecule has 0 aliphatic rings. The molecule has 0 aromatic rings. The van der Waals surface area contributed by atoms with Gasteiger partial charge in [-0.1, -0.05) is 19.8 Å². The molecule has 1 N–H and O–H groups in total. The molecule has 0 spiro atoms. The second kappa shape index (κ2) is 10.5. The van der Waals surface area contributed by atoms with Gasteiger partial charge in [-0.05, 0) is 32.6 Å². The van der Waals surface area contributed by atoms with Gasteiger partial charge in [-0.25, -0.2) is 0 Å². The van der Waals surface area contributed by atoms with Crippen LogP contribution in [0.2, 0.25) is 0 Å². The molecule has 0 heterocycles. The zero-order valence-corrected chi connectivity index (χ0v) is 14.3. The van der Waals surface area contributed by atoms with Crippen LogP contribution in [0.1, 0.15) is 52.4 Å². The van der Waals surface area contributed by atoms with Crippen LogP contribution >= 0.6 is 0 Å². The average Bonchev–Trinajstić information content (AvgIpc) is 2.42. The monoisotopic (exact) mass is 346 g/mol. The highest BCUT2D eigenvalue weighted by Gasteiger charge is 2.35. The molecule has 0 bridgehead atoms. The maximum Gasteiger partial charge on any atom is 0.287 e. The summed E-state index contributed by atoms with van der Waals surface area (Å²) in [4.78, 5) is 0. The topological polar surface area (TPSA) is 107 Å². The summed E-state index contributed by atoms with van der Waals surface area (Å²) < 4.78 is 54.7. The van der Waals surface area contributed by atoms with E-state index in [4.69, 9.17) is 9.29 Å². The van der Waals surface area contributed by atoms with Crippen molar-refractivity contribution in [1.29, 1.82) is 0 Å². The fraction of sp³-hybridized carbons (Fsp3) is 1.00. The summed E-state index contributed by atoms with van der Waals surface area (Å²) in [5.41, 5.74) is 0. The van der Waals surface area contributed by atoms with Crippen molar-refractivity contribution in [2.75, 3.05) is 19.8 Å². The van der Waals surface area contributed by atoms with Crippen LogP contribution in [-0.2, 0) is 28.6 Å². The van der Waals surface area contributed by atoms with Crippen molar-refractivity contribution in [3.05, 3.63) is 0 Å². The van der Waals surface area contributed by atoms with Gasteiger partial charge in [0.25, 0.3) is 20.2 Å². The van der Waals surface area contributed by atoms with E-state index in [2.05, 4.69) is 4.18 Å². The number of hydrogen-bond donors (Lipinski definition) is 1. The molecule has 0 aromatic carbocycles. The van der Waals surface area contributed by atoms with E-state index in [1.807, 2.05) is 6.92 Å². The standard InChI is InChI=1S/C12H26O7S2/c1-3-4-7-10-18-20(14,15)12(2)21(16,17)19-11-8-5-6-9-13/h12-13H,3-11H2,1-2H3. The summed E-state index contributed by atoms with van der Waals surface area (Å²) in [6.07, 6.45) is 3.89. The molecule has 7 nitrogen and oxygen atoms in total. The number of rotatable bonds is 13. The third kappa shape index (κ3) is 8.72. The van der Waals surface area contributed by atoms with E-state index in [9.17, 15) is 16.8 Å². The average molecular weight is 346 g/mol. The zero-order chi connectivity index (χ0) is 16.4. The third-order valence-electron chi connectivity index (χ3n) is 2.86. The normalized spacial score (nSPS) is 14.2. The Balaban J connectivity index is 4.34. The van der Waals surface area contributed by atoms with Gasteiger partial charge >= 0.3 is 0 Å². The van der Waals surface area contributed by atoms with Gasteiger partial charge in [-0.3, -0.25) is 8.37 Å². The fourth-order valence-corrected chi connectivity index (χ4v) is 4.00. The van der Waals surface area contributed by atoms with Crippen molar-refractivity contribution in [1.82, 2.24) is 0 Å². The largest absolute Gasteiger partial charge is 0.396 e. The Bertz CT molecular complexity index is 456. The van der Waals surface area contributed by atoms with Gasteiger partial charge in [0, 0.05) is 6.61 Å². The van der Waals surface area contributed by atoms with E-state index in [0.717, 1.165) is 19.8 Å².